The minimum Gasteiger partial charge on any atom is -0.481 e. The van der Waals surface area contributed by atoms with Gasteiger partial charge in [0.15, 0.2) is 0 Å². The van der Waals surface area contributed by atoms with Gasteiger partial charge < -0.3 is 5.11 Å². The predicted molar refractivity (Wildman–Crippen MR) is 51.2 cm³/mol. The lowest BCUT2D eigenvalue weighted by Gasteiger charge is -2.34. The highest BCUT2D eigenvalue weighted by molar-refractivity contribution is 6.43. The van der Waals surface area contributed by atoms with Gasteiger partial charge in [-0.3, -0.25) is 14.4 Å². The van der Waals surface area contributed by atoms with Gasteiger partial charge in [-0.25, -0.2) is 0 Å². The maximum atomic E-state index is 11.7. The predicted octanol–water partition coefficient (Wildman–Crippen LogP) is 1.04. The first-order chi connectivity index (χ1) is 6.83. The molecule has 0 aromatic carbocycles. The van der Waals surface area contributed by atoms with Crippen LogP contribution in [0.5, 0.6) is 0 Å². The number of rotatable bonds is 2. The van der Waals surface area contributed by atoms with Gasteiger partial charge in [-0.15, -0.1) is 0 Å². The molecule has 15 heavy (non-hydrogen) atoms. The van der Waals surface area contributed by atoms with E-state index in [4.69, 9.17) is 5.11 Å². The lowest BCUT2D eigenvalue weighted by atomic mass is 9.67. The Balaban J connectivity index is 2.46. The zero-order valence-electron chi connectivity index (χ0n) is 8.87. The van der Waals surface area contributed by atoms with Gasteiger partial charge in [0, 0.05) is 16.7 Å². The molecule has 2 aliphatic carbocycles. The van der Waals surface area contributed by atoms with Gasteiger partial charge in [-0.1, -0.05) is 13.8 Å². The highest BCUT2D eigenvalue weighted by Gasteiger charge is 2.68. The summed E-state index contributed by atoms with van der Waals surface area (Å²) < 4.78 is 0. The Kier molecular flexibility index (Phi) is 1.85. The van der Waals surface area contributed by atoms with E-state index in [-0.39, 0.29) is 23.9 Å². The van der Waals surface area contributed by atoms with Crippen LogP contribution in [0.4, 0.5) is 0 Å². The normalized spacial score (nSPS) is 43.7. The lowest BCUT2D eigenvalue weighted by Crippen LogP contribution is -2.37. The Morgan fingerprint density at radius 1 is 1.47 bits per heavy atom. The van der Waals surface area contributed by atoms with Gasteiger partial charge in [0.05, 0.1) is 6.42 Å². The van der Waals surface area contributed by atoms with Crippen LogP contribution in [0.15, 0.2) is 0 Å². The third-order valence-corrected chi connectivity index (χ3v) is 4.52. The Morgan fingerprint density at radius 3 is 2.47 bits per heavy atom. The first kappa shape index (κ1) is 10.3. The third kappa shape index (κ3) is 0.994. The van der Waals surface area contributed by atoms with Crippen molar-refractivity contribution >= 4 is 17.5 Å². The summed E-state index contributed by atoms with van der Waals surface area (Å²) in [5.74, 6) is -2.01. The second kappa shape index (κ2) is 2.68. The number of hydrogen-bond donors (Lipinski definition) is 1. The Bertz CT molecular complexity index is 373. The molecule has 0 aromatic heterocycles. The molecule has 0 aromatic rings. The summed E-state index contributed by atoms with van der Waals surface area (Å²) in [6, 6.07) is 0. The smallest absolute Gasteiger partial charge is 0.303 e. The van der Waals surface area contributed by atoms with E-state index in [1.165, 1.54) is 0 Å². The van der Waals surface area contributed by atoms with Crippen LogP contribution in [0.3, 0.4) is 0 Å². The second-order valence-corrected chi connectivity index (χ2v) is 5.10. The van der Waals surface area contributed by atoms with Crippen molar-refractivity contribution in [1.82, 2.24) is 0 Å². The summed E-state index contributed by atoms with van der Waals surface area (Å²) >= 11 is 0. The van der Waals surface area contributed by atoms with Crippen molar-refractivity contribution in [3.8, 4) is 0 Å². The van der Waals surface area contributed by atoms with Crippen molar-refractivity contribution in [3.63, 3.8) is 0 Å². The average Bonchev–Trinajstić information content (AvgIpc) is 2.42. The SMILES string of the molecule is CC12CCC(C(=O)C1=O)C2(C)CC(=O)O. The summed E-state index contributed by atoms with van der Waals surface area (Å²) in [5.41, 5.74) is -1.42. The molecular formula is C11H14O4. The topological polar surface area (TPSA) is 71.4 Å². The van der Waals surface area contributed by atoms with Crippen LogP contribution in [-0.2, 0) is 14.4 Å². The minimum absolute atomic E-state index is 0.0916. The van der Waals surface area contributed by atoms with Crippen molar-refractivity contribution in [3.05, 3.63) is 0 Å². The first-order valence-electron chi connectivity index (χ1n) is 5.13. The third-order valence-electron chi connectivity index (χ3n) is 4.52. The van der Waals surface area contributed by atoms with E-state index in [1.54, 1.807) is 13.8 Å². The van der Waals surface area contributed by atoms with E-state index in [0.29, 0.717) is 12.8 Å². The maximum absolute atomic E-state index is 11.7. The molecule has 0 aliphatic heterocycles. The fourth-order valence-electron chi connectivity index (χ4n) is 3.28. The summed E-state index contributed by atoms with van der Waals surface area (Å²) in [5, 5.41) is 8.87. The number of Topliss-reactive ketones (excluding diaryl/α,β-unsaturated/α-hetero) is 2. The van der Waals surface area contributed by atoms with Crippen LogP contribution in [0.1, 0.15) is 33.1 Å². The number of aliphatic carboxylic acids is 1. The van der Waals surface area contributed by atoms with Crippen molar-refractivity contribution in [2.75, 3.05) is 0 Å². The van der Waals surface area contributed by atoms with Crippen LogP contribution in [0.2, 0.25) is 0 Å². The second-order valence-electron chi connectivity index (χ2n) is 5.10. The number of carboxylic acids is 1. The highest BCUT2D eigenvalue weighted by atomic mass is 16.4. The molecule has 4 nitrogen and oxygen atoms in total. The zero-order chi connectivity index (χ0) is 11.4. The molecule has 2 aliphatic rings. The molecule has 2 rings (SSSR count). The molecule has 2 bridgehead atoms. The molecule has 0 spiro atoms. The molecule has 2 fully saturated rings. The Morgan fingerprint density at radius 2 is 2.07 bits per heavy atom. The van der Waals surface area contributed by atoms with Crippen LogP contribution < -0.4 is 0 Å². The van der Waals surface area contributed by atoms with Gasteiger partial charge in [-0.2, -0.15) is 0 Å². The molecule has 3 atom stereocenters. The molecule has 82 valence electrons. The summed E-state index contributed by atoms with van der Waals surface area (Å²) in [6.45, 7) is 3.50. The lowest BCUT2D eigenvalue weighted by molar-refractivity contribution is -0.143. The van der Waals surface area contributed by atoms with Crippen molar-refractivity contribution in [1.29, 1.82) is 0 Å². The molecule has 0 heterocycles. The van der Waals surface area contributed by atoms with Gasteiger partial charge >= 0.3 is 5.97 Å². The molecule has 2 saturated carbocycles. The van der Waals surface area contributed by atoms with E-state index >= 15 is 0 Å². The average molecular weight is 210 g/mol. The molecule has 1 N–H and O–H groups in total. The summed E-state index contributed by atoms with van der Waals surface area (Å²) in [7, 11) is 0. The maximum Gasteiger partial charge on any atom is 0.303 e. The summed E-state index contributed by atoms with van der Waals surface area (Å²) in [6.07, 6.45) is 1.21. The quantitative estimate of drug-likeness (QED) is 0.691. The summed E-state index contributed by atoms with van der Waals surface area (Å²) in [4.78, 5) is 34.2. The van der Waals surface area contributed by atoms with Gasteiger partial charge in [0.25, 0.3) is 0 Å². The molecular weight excluding hydrogens is 196 g/mol. The van der Waals surface area contributed by atoms with E-state index in [0.717, 1.165) is 0 Å². The molecule has 0 saturated heterocycles. The van der Waals surface area contributed by atoms with E-state index < -0.39 is 16.8 Å². The number of ketones is 2. The zero-order valence-corrected chi connectivity index (χ0v) is 8.87. The van der Waals surface area contributed by atoms with Crippen LogP contribution in [-0.4, -0.2) is 22.6 Å². The van der Waals surface area contributed by atoms with Crippen molar-refractivity contribution in [2.24, 2.45) is 16.7 Å². The van der Waals surface area contributed by atoms with Gasteiger partial charge in [0.1, 0.15) is 0 Å². The molecule has 0 radical (unpaired) electrons. The standard InChI is InChI=1S/C11H14O4/c1-10-4-3-6(8(14)9(10)15)11(10,2)5-7(12)13/h6H,3-5H2,1-2H3,(H,12,13). The van der Waals surface area contributed by atoms with E-state index in [1.807, 2.05) is 0 Å². The first-order valence-corrected chi connectivity index (χ1v) is 5.13. The number of fused-ring (bicyclic) bond motifs is 2. The van der Waals surface area contributed by atoms with Crippen LogP contribution in [0, 0.1) is 16.7 Å². The van der Waals surface area contributed by atoms with Crippen molar-refractivity contribution in [2.45, 2.75) is 33.1 Å². The minimum atomic E-state index is -0.932. The molecule has 4 heteroatoms. The fraction of sp³-hybridized carbons (Fsp3) is 0.727. The Hall–Kier alpha value is -1.19. The monoisotopic (exact) mass is 210 g/mol. The van der Waals surface area contributed by atoms with Crippen LogP contribution in [0.25, 0.3) is 0 Å². The highest BCUT2D eigenvalue weighted by Crippen LogP contribution is 2.63. The number of hydrogen-bond acceptors (Lipinski definition) is 3. The fourth-order valence-corrected chi connectivity index (χ4v) is 3.28. The van der Waals surface area contributed by atoms with Crippen molar-refractivity contribution < 1.29 is 19.5 Å². The van der Waals surface area contributed by atoms with Gasteiger partial charge in [-0.05, 0) is 12.8 Å². The van der Waals surface area contributed by atoms with Gasteiger partial charge in [0.2, 0.25) is 11.6 Å². The number of carbonyl (C=O) groups is 3. The van der Waals surface area contributed by atoms with E-state index in [2.05, 4.69) is 0 Å². The molecule has 0 amide bonds. The number of carboxylic acid groups (broad SMARTS) is 1. The van der Waals surface area contributed by atoms with Crippen LogP contribution >= 0.6 is 0 Å². The van der Waals surface area contributed by atoms with E-state index in [9.17, 15) is 14.4 Å². The molecule has 3 unspecified atom stereocenters. The Labute approximate surface area is 87.7 Å². The largest absolute Gasteiger partial charge is 0.481 e. The number of carbonyl (C=O) groups excluding carboxylic acids is 2.